The maximum absolute atomic E-state index is 12.7. The molecule has 3 rings (SSSR count). The highest BCUT2D eigenvalue weighted by atomic mass is 16.4. The zero-order chi connectivity index (χ0) is 20.8. The van der Waals surface area contributed by atoms with E-state index in [1.54, 1.807) is 42.5 Å². The van der Waals surface area contributed by atoms with Crippen LogP contribution in [0.3, 0.4) is 0 Å². The van der Waals surface area contributed by atoms with Crippen LogP contribution in [-0.4, -0.2) is 40.4 Å². The van der Waals surface area contributed by atoms with E-state index in [2.05, 4.69) is 12.2 Å². The standard InChI is InChI=1S/C23H26N2O4/c1-16-6-4-5-15-25(16)22(27)18-9-12-19(13-10-18)24-21(26)14-11-17-7-2-3-8-20(17)23(28)29/h2-3,7-10,12-13,16H,4-6,11,14-15H2,1H3,(H,24,26)(H,28,29). The molecule has 0 aromatic heterocycles. The average Bonchev–Trinajstić information content (AvgIpc) is 2.73. The number of benzene rings is 2. The van der Waals surface area contributed by atoms with Crippen LogP contribution in [0.1, 0.15) is 58.9 Å². The number of carbonyl (C=O) groups excluding carboxylic acids is 2. The molecule has 1 atom stereocenters. The van der Waals surface area contributed by atoms with Crippen molar-refractivity contribution in [1.29, 1.82) is 0 Å². The van der Waals surface area contributed by atoms with Crippen molar-refractivity contribution < 1.29 is 19.5 Å². The summed E-state index contributed by atoms with van der Waals surface area (Å²) in [4.78, 5) is 38.1. The Kier molecular flexibility index (Phi) is 6.65. The summed E-state index contributed by atoms with van der Waals surface area (Å²) in [6, 6.07) is 13.9. The second-order valence-electron chi connectivity index (χ2n) is 7.43. The lowest BCUT2D eigenvalue weighted by Crippen LogP contribution is -2.42. The van der Waals surface area contributed by atoms with Gasteiger partial charge in [0.25, 0.3) is 5.91 Å². The van der Waals surface area contributed by atoms with Crippen molar-refractivity contribution in [3.8, 4) is 0 Å². The Bertz CT molecular complexity index is 892. The summed E-state index contributed by atoms with van der Waals surface area (Å²) in [6.07, 6.45) is 3.75. The molecule has 1 unspecified atom stereocenters. The van der Waals surface area contributed by atoms with E-state index >= 15 is 0 Å². The molecule has 0 bridgehead atoms. The Morgan fingerprint density at radius 1 is 1.07 bits per heavy atom. The lowest BCUT2D eigenvalue weighted by molar-refractivity contribution is -0.116. The van der Waals surface area contributed by atoms with Crippen LogP contribution in [0.2, 0.25) is 0 Å². The molecule has 0 aliphatic carbocycles. The first-order valence-electron chi connectivity index (χ1n) is 9.98. The van der Waals surface area contributed by atoms with E-state index in [0.717, 1.165) is 25.8 Å². The molecule has 6 nitrogen and oxygen atoms in total. The Labute approximate surface area is 170 Å². The highest BCUT2D eigenvalue weighted by molar-refractivity contribution is 5.96. The van der Waals surface area contributed by atoms with Crippen molar-refractivity contribution in [2.45, 2.75) is 45.1 Å². The summed E-state index contributed by atoms with van der Waals surface area (Å²) in [7, 11) is 0. The van der Waals surface area contributed by atoms with Crippen molar-refractivity contribution in [3.05, 3.63) is 65.2 Å². The van der Waals surface area contributed by atoms with Gasteiger partial charge in [0.2, 0.25) is 5.91 Å². The minimum Gasteiger partial charge on any atom is -0.478 e. The number of anilines is 1. The van der Waals surface area contributed by atoms with E-state index in [9.17, 15) is 19.5 Å². The first-order valence-corrected chi connectivity index (χ1v) is 9.98. The van der Waals surface area contributed by atoms with E-state index in [0.29, 0.717) is 23.2 Å². The second-order valence-corrected chi connectivity index (χ2v) is 7.43. The number of amides is 2. The molecule has 0 spiro atoms. The molecular formula is C23H26N2O4. The molecule has 2 amide bonds. The van der Waals surface area contributed by atoms with Crippen molar-refractivity contribution in [1.82, 2.24) is 4.90 Å². The SMILES string of the molecule is CC1CCCCN1C(=O)c1ccc(NC(=O)CCc2ccccc2C(=O)O)cc1. The fraction of sp³-hybridized carbons (Fsp3) is 0.348. The van der Waals surface area contributed by atoms with Gasteiger partial charge in [-0.15, -0.1) is 0 Å². The average molecular weight is 394 g/mol. The summed E-state index contributed by atoms with van der Waals surface area (Å²) >= 11 is 0. The second kappa shape index (κ2) is 9.37. The van der Waals surface area contributed by atoms with Gasteiger partial charge in [-0.05, 0) is 68.5 Å². The molecule has 2 N–H and O–H groups in total. The van der Waals surface area contributed by atoms with Crippen molar-refractivity contribution in [2.24, 2.45) is 0 Å². The number of carboxylic acids is 1. The maximum atomic E-state index is 12.7. The third-order valence-corrected chi connectivity index (χ3v) is 5.35. The van der Waals surface area contributed by atoms with Crippen LogP contribution in [-0.2, 0) is 11.2 Å². The summed E-state index contributed by atoms with van der Waals surface area (Å²) < 4.78 is 0. The van der Waals surface area contributed by atoms with Crippen molar-refractivity contribution >= 4 is 23.5 Å². The van der Waals surface area contributed by atoms with Crippen molar-refractivity contribution in [3.63, 3.8) is 0 Å². The van der Waals surface area contributed by atoms with Crippen molar-refractivity contribution in [2.75, 3.05) is 11.9 Å². The number of piperidine rings is 1. The van der Waals surface area contributed by atoms with Gasteiger partial charge in [-0.1, -0.05) is 18.2 Å². The number of rotatable bonds is 6. The molecule has 1 heterocycles. The zero-order valence-electron chi connectivity index (χ0n) is 16.6. The molecule has 0 saturated carbocycles. The van der Waals surface area contributed by atoms with Gasteiger partial charge in [0.15, 0.2) is 0 Å². The summed E-state index contributed by atoms with van der Waals surface area (Å²) in [6.45, 7) is 2.87. The van der Waals surface area contributed by atoms with Crippen LogP contribution < -0.4 is 5.32 Å². The number of carboxylic acid groups (broad SMARTS) is 1. The molecule has 2 aromatic carbocycles. The quantitative estimate of drug-likeness (QED) is 0.776. The fourth-order valence-electron chi connectivity index (χ4n) is 3.68. The minimum atomic E-state index is -0.996. The number of aryl methyl sites for hydroxylation is 1. The summed E-state index contributed by atoms with van der Waals surface area (Å²) in [5.74, 6) is -1.17. The molecule has 1 fully saturated rings. The van der Waals surface area contributed by atoms with E-state index in [1.165, 1.54) is 6.07 Å². The molecule has 0 radical (unpaired) electrons. The van der Waals surface area contributed by atoms with E-state index in [1.807, 2.05) is 4.90 Å². The van der Waals surface area contributed by atoms with E-state index in [-0.39, 0.29) is 29.8 Å². The Balaban J connectivity index is 1.56. The first-order chi connectivity index (χ1) is 14.0. The van der Waals surface area contributed by atoms with Gasteiger partial charge in [0.05, 0.1) is 5.56 Å². The highest BCUT2D eigenvalue weighted by Gasteiger charge is 2.24. The lowest BCUT2D eigenvalue weighted by Gasteiger charge is -2.33. The maximum Gasteiger partial charge on any atom is 0.335 e. The molecular weight excluding hydrogens is 368 g/mol. The molecule has 1 aliphatic heterocycles. The van der Waals surface area contributed by atoms with Crippen LogP contribution in [0.5, 0.6) is 0 Å². The van der Waals surface area contributed by atoms with Gasteiger partial charge < -0.3 is 15.3 Å². The number of nitrogens with zero attached hydrogens (tertiary/aromatic N) is 1. The van der Waals surface area contributed by atoms with Gasteiger partial charge in [-0.25, -0.2) is 4.79 Å². The van der Waals surface area contributed by atoms with E-state index in [4.69, 9.17) is 0 Å². The Morgan fingerprint density at radius 2 is 1.79 bits per heavy atom. The fourth-order valence-corrected chi connectivity index (χ4v) is 3.68. The number of aromatic carboxylic acids is 1. The summed E-state index contributed by atoms with van der Waals surface area (Å²) in [5.41, 5.74) is 2.08. The first kappa shape index (κ1) is 20.6. The number of carbonyl (C=O) groups is 3. The number of likely N-dealkylation sites (tertiary alicyclic amines) is 1. The van der Waals surface area contributed by atoms with Gasteiger partial charge >= 0.3 is 5.97 Å². The van der Waals surface area contributed by atoms with Crippen LogP contribution in [0.25, 0.3) is 0 Å². The third-order valence-electron chi connectivity index (χ3n) is 5.35. The lowest BCUT2D eigenvalue weighted by atomic mass is 10.0. The van der Waals surface area contributed by atoms with Crippen LogP contribution in [0, 0.1) is 0 Å². The normalized spacial score (nSPS) is 16.3. The van der Waals surface area contributed by atoms with Crippen LogP contribution in [0.15, 0.2) is 48.5 Å². The third kappa shape index (κ3) is 5.22. The predicted octanol–water partition coefficient (Wildman–Crippen LogP) is 3.97. The van der Waals surface area contributed by atoms with Crippen LogP contribution >= 0.6 is 0 Å². The van der Waals surface area contributed by atoms with E-state index < -0.39 is 5.97 Å². The molecule has 6 heteroatoms. The van der Waals surface area contributed by atoms with Gasteiger partial charge in [-0.2, -0.15) is 0 Å². The van der Waals surface area contributed by atoms with Gasteiger partial charge in [0.1, 0.15) is 0 Å². The molecule has 1 aliphatic rings. The highest BCUT2D eigenvalue weighted by Crippen LogP contribution is 2.20. The number of hydrogen-bond donors (Lipinski definition) is 2. The molecule has 1 saturated heterocycles. The summed E-state index contributed by atoms with van der Waals surface area (Å²) in [5, 5.41) is 12.0. The molecule has 2 aromatic rings. The van der Waals surface area contributed by atoms with Crippen LogP contribution in [0.4, 0.5) is 5.69 Å². The zero-order valence-corrected chi connectivity index (χ0v) is 16.6. The smallest absolute Gasteiger partial charge is 0.335 e. The van der Waals surface area contributed by atoms with Gasteiger partial charge in [0, 0.05) is 30.3 Å². The monoisotopic (exact) mass is 394 g/mol. The number of hydrogen-bond acceptors (Lipinski definition) is 3. The Hall–Kier alpha value is -3.15. The molecule has 152 valence electrons. The number of nitrogens with one attached hydrogen (secondary N) is 1. The van der Waals surface area contributed by atoms with Gasteiger partial charge in [-0.3, -0.25) is 9.59 Å². The minimum absolute atomic E-state index is 0.0281. The topological polar surface area (TPSA) is 86.7 Å². The Morgan fingerprint density at radius 3 is 2.48 bits per heavy atom. The predicted molar refractivity (Wildman–Crippen MR) is 111 cm³/mol. The largest absolute Gasteiger partial charge is 0.478 e. The molecule has 29 heavy (non-hydrogen) atoms.